The number of carbonyl (C=O) groups excluding carboxylic acids is 1. The minimum atomic E-state index is -0.750. The Labute approximate surface area is 340 Å². The summed E-state index contributed by atoms with van der Waals surface area (Å²) in [6.07, 6.45) is 10.9. The number of H-pyrrole nitrogens is 1. The van der Waals surface area contributed by atoms with E-state index in [0.29, 0.717) is 29.6 Å². The van der Waals surface area contributed by atoms with Crippen LogP contribution in [0.2, 0.25) is 0 Å². The van der Waals surface area contributed by atoms with E-state index in [-0.39, 0.29) is 23.4 Å². The van der Waals surface area contributed by atoms with Crippen LogP contribution in [0, 0.1) is 0 Å². The van der Waals surface area contributed by atoms with Crippen molar-refractivity contribution in [3.8, 4) is 5.75 Å². The number of phenolic OH excluding ortho intramolecular Hbond substituents is 1. The van der Waals surface area contributed by atoms with Crippen molar-refractivity contribution in [2.75, 3.05) is 50.2 Å². The lowest BCUT2D eigenvalue weighted by Gasteiger charge is -2.26. The number of hydrogen-bond donors (Lipinski definition) is 7. The number of pyridine rings is 2. The smallest absolute Gasteiger partial charge is 0.319 e. The molecule has 312 valence electrons. The van der Waals surface area contributed by atoms with Crippen LogP contribution < -0.4 is 26.8 Å². The van der Waals surface area contributed by atoms with Crippen molar-refractivity contribution in [3.63, 3.8) is 0 Å². The second-order valence-electron chi connectivity index (χ2n) is 15.0. The highest BCUT2D eigenvalue weighted by Crippen LogP contribution is 2.32. The fourth-order valence-corrected chi connectivity index (χ4v) is 7.54. The highest BCUT2D eigenvalue weighted by atomic mass is 16.5. The molecule has 6 rings (SSSR count). The predicted molar refractivity (Wildman–Crippen MR) is 229 cm³/mol. The van der Waals surface area contributed by atoms with Gasteiger partial charge in [-0.25, -0.2) is 14.5 Å². The number of aromatic amines is 1. The van der Waals surface area contributed by atoms with E-state index in [1.807, 2.05) is 23.0 Å². The van der Waals surface area contributed by atoms with Gasteiger partial charge in [0.25, 0.3) is 0 Å². The number of aromatic nitrogens is 4. The Bertz CT molecular complexity index is 2130. The molecule has 58 heavy (non-hydrogen) atoms. The van der Waals surface area contributed by atoms with E-state index in [9.17, 15) is 19.8 Å². The molecule has 1 fully saturated rings. The van der Waals surface area contributed by atoms with Gasteiger partial charge in [-0.3, -0.25) is 4.79 Å². The van der Waals surface area contributed by atoms with Crippen LogP contribution in [0.15, 0.2) is 59.5 Å². The maximum absolute atomic E-state index is 13.1. The Balaban J connectivity index is 0.830. The summed E-state index contributed by atoms with van der Waals surface area (Å²) in [5.74, 6) is -0.0136. The number of amides is 2. The Morgan fingerprint density at radius 2 is 1.76 bits per heavy atom. The number of phenols is 1. The van der Waals surface area contributed by atoms with Crippen LogP contribution in [0.3, 0.4) is 0 Å². The third-order valence-electron chi connectivity index (χ3n) is 10.8. The number of aryl methyl sites for hydroxylation is 3. The number of fused-ring (bicyclic) bond motifs is 2. The molecular formula is C44H60N8O6. The molecule has 0 spiro atoms. The number of unbranched alkanes of at least 4 members (excludes halogenated alkanes) is 4. The molecule has 14 heteroatoms. The highest BCUT2D eigenvalue weighted by Gasteiger charge is 2.22. The molecule has 1 atom stereocenters. The number of anilines is 2. The Kier molecular flexibility index (Phi) is 15.9. The number of urea groups is 1. The van der Waals surface area contributed by atoms with Crippen LogP contribution in [-0.2, 0) is 35.4 Å². The predicted octanol–water partition coefficient (Wildman–Crippen LogP) is 6.70. The largest absolute Gasteiger partial charge is 0.506 e. The van der Waals surface area contributed by atoms with Crippen LogP contribution >= 0.6 is 0 Å². The zero-order valence-electron chi connectivity index (χ0n) is 33.9. The Morgan fingerprint density at radius 1 is 0.983 bits per heavy atom. The number of aliphatic hydroxyl groups is 1. The number of hydrogen-bond acceptors (Lipinski definition) is 10. The van der Waals surface area contributed by atoms with Crippen molar-refractivity contribution in [3.05, 3.63) is 87.5 Å². The van der Waals surface area contributed by atoms with Crippen molar-refractivity contribution in [1.82, 2.24) is 30.4 Å². The fourth-order valence-electron chi connectivity index (χ4n) is 7.54. The first-order valence-electron chi connectivity index (χ1n) is 21.0. The van der Waals surface area contributed by atoms with Gasteiger partial charge in [-0.2, -0.15) is 5.10 Å². The first-order valence-corrected chi connectivity index (χ1v) is 21.0. The van der Waals surface area contributed by atoms with Crippen molar-refractivity contribution in [1.29, 1.82) is 0 Å². The average Bonchev–Trinajstić information content (AvgIpc) is 3.66. The summed E-state index contributed by atoms with van der Waals surface area (Å²) < 4.78 is 13.4. The van der Waals surface area contributed by atoms with Crippen molar-refractivity contribution in [2.24, 2.45) is 0 Å². The molecule has 5 aromatic rings. The van der Waals surface area contributed by atoms with Crippen LogP contribution in [0.4, 0.5) is 16.2 Å². The minimum Gasteiger partial charge on any atom is -0.506 e. The number of nitrogens with zero attached hydrogens (tertiary/aromatic N) is 3. The van der Waals surface area contributed by atoms with E-state index in [2.05, 4.69) is 57.3 Å². The molecule has 1 saturated heterocycles. The summed E-state index contributed by atoms with van der Waals surface area (Å²) in [5.41, 5.74) is 6.49. The van der Waals surface area contributed by atoms with Crippen molar-refractivity contribution < 1.29 is 24.5 Å². The summed E-state index contributed by atoms with van der Waals surface area (Å²) in [7, 11) is 0. The van der Waals surface area contributed by atoms with E-state index in [4.69, 9.17) is 14.5 Å². The number of nitrogens with one attached hydrogen (secondary N) is 5. The van der Waals surface area contributed by atoms with E-state index in [0.717, 1.165) is 137 Å². The lowest BCUT2D eigenvalue weighted by atomic mass is 10.0. The lowest BCUT2D eigenvalue weighted by molar-refractivity contribution is 0.0904. The van der Waals surface area contributed by atoms with Crippen molar-refractivity contribution >= 4 is 39.3 Å². The Hall–Kier alpha value is -5.02. The zero-order valence-corrected chi connectivity index (χ0v) is 33.9. The quantitative estimate of drug-likeness (QED) is 0.0372. The molecule has 1 aliphatic rings. The fraction of sp³-hybridized carbons (Fsp3) is 0.500. The van der Waals surface area contributed by atoms with Crippen LogP contribution in [0.25, 0.3) is 21.9 Å². The van der Waals surface area contributed by atoms with Gasteiger partial charge >= 0.3 is 6.03 Å². The maximum Gasteiger partial charge on any atom is 0.319 e. The number of benzene rings is 2. The molecule has 0 aliphatic carbocycles. The Morgan fingerprint density at radius 3 is 2.53 bits per heavy atom. The molecule has 0 bridgehead atoms. The average molecular weight is 797 g/mol. The molecule has 4 heterocycles. The lowest BCUT2D eigenvalue weighted by Crippen LogP contribution is -2.31. The molecular weight excluding hydrogens is 737 g/mol. The van der Waals surface area contributed by atoms with Crippen LogP contribution in [-0.4, -0.2) is 81.6 Å². The number of aliphatic hydroxyl groups excluding tert-OH is 1. The normalized spacial score (nSPS) is 13.9. The van der Waals surface area contributed by atoms with E-state index in [1.165, 1.54) is 17.7 Å². The maximum atomic E-state index is 13.1. The molecule has 1 aliphatic heterocycles. The van der Waals surface area contributed by atoms with Crippen molar-refractivity contribution in [2.45, 2.75) is 103 Å². The van der Waals surface area contributed by atoms with Gasteiger partial charge in [-0.1, -0.05) is 38.0 Å². The van der Waals surface area contributed by atoms with E-state index >= 15 is 0 Å². The molecule has 0 saturated carbocycles. The number of carbonyl (C=O) groups is 1. The van der Waals surface area contributed by atoms with Gasteiger partial charge in [-0.15, -0.1) is 0 Å². The van der Waals surface area contributed by atoms with Crippen LogP contribution in [0.1, 0.15) is 93.7 Å². The topological polar surface area (TPSA) is 188 Å². The monoisotopic (exact) mass is 796 g/mol. The standard InChI is InChI=1S/C44H60N8O6/c1-3-37-35(41(48-32-20-25-58-26-21-32)36-28-47-52(4-2)43(36)50-37)27-46-44(56)49-31-14-12-30(13-15-31)11-7-10-24-57-23-9-6-5-8-22-45-29-39(54)33-16-18-38(53)42-34(33)17-19-40(55)51-42/h12-19,28,32,39,45,53-54H,3-11,20-27,29H2,1-2H3,(H,48,50)(H,51,55)(H2,46,49,56). The van der Waals surface area contributed by atoms with Gasteiger partial charge < -0.3 is 45.9 Å². The summed E-state index contributed by atoms with van der Waals surface area (Å²) >= 11 is 0. The summed E-state index contributed by atoms with van der Waals surface area (Å²) in [4.78, 5) is 32.3. The second-order valence-corrected chi connectivity index (χ2v) is 15.0. The first-order chi connectivity index (χ1) is 28.3. The molecule has 7 N–H and O–H groups in total. The molecule has 1 unspecified atom stereocenters. The minimum absolute atomic E-state index is 0.0136. The van der Waals surface area contributed by atoms with Gasteiger partial charge in [0.1, 0.15) is 5.75 Å². The van der Waals surface area contributed by atoms with Gasteiger partial charge in [0.2, 0.25) is 5.56 Å². The zero-order chi connectivity index (χ0) is 40.7. The van der Waals surface area contributed by atoms with Crippen LogP contribution in [0.5, 0.6) is 5.75 Å². The molecule has 2 aromatic carbocycles. The second kappa shape index (κ2) is 21.7. The van der Waals surface area contributed by atoms with Gasteiger partial charge in [-0.05, 0) is 100 Å². The summed E-state index contributed by atoms with van der Waals surface area (Å²) in [6.45, 7) is 9.39. The molecule has 0 radical (unpaired) electrons. The van der Waals surface area contributed by atoms with Gasteiger partial charge in [0, 0.05) is 80.5 Å². The number of ether oxygens (including phenoxy) is 2. The summed E-state index contributed by atoms with van der Waals surface area (Å²) in [5, 5.41) is 40.1. The summed E-state index contributed by atoms with van der Waals surface area (Å²) in [6, 6.07) is 14.3. The molecule has 3 aromatic heterocycles. The van der Waals surface area contributed by atoms with E-state index in [1.54, 1.807) is 12.1 Å². The third-order valence-corrected chi connectivity index (χ3v) is 10.8. The van der Waals surface area contributed by atoms with Gasteiger partial charge in [0.05, 0.1) is 28.9 Å². The first kappa shape index (κ1) is 42.6. The third kappa shape index (κ3) is 11.6. The van der Waals surface area contributed by atoms with E-state index < -0.39 is 6.10 Å². The molecule has 14 nitrogen and oxygen atoms in total. The SMILES string of the molecule is CCc1nc2c(cnn2CC)c(NC2CCOCC2)c1CNC(=O)Nc1ccc(CCCCOCCCCCCNCC(O)c2ccc(O)c3[nH]c(=O)ccc23)cc1. The van der Waals surface area contributed by atoms with Gasteiger partial charge in [0.15, 0.2) is 5.65 Å². The number of rotatable bonds is 22. The highest BCUT2D eigenvalue weighted by molar-refractivity contribution is 5.93. The number of aromatic hydroxyl groups is 1. The molecule has 2 amide bonds.